The highest BCUT2D eigenvalue weighted by atomic mass is 35.5. The van der Waals surface area contributed by atoms with Crippen LogP contribution in [0.3, 0.4) is 0 Å². The fourth-order valence-electron chi connectivity index (χ4n) is 2.91. The molecule has 1 aliphatic heterocycles. The molecule has 1 aliphatic rings. The van der Waals surface area contributed by atoms with E-state index < -0.39 is 10.7 Å². The number of nitro groups is 1. The normalized spacial score (nSPS) is 15.5. The molecule has 0 radical (unpaired) electrons. The molecule has 3 rings (SSSR count). The molecule has 0 spiro atoms. The minimum absolute atomic E-state index is 0.00126. The molecule has 0 aromatic heterocycles. The number of nitro benzene ring substituents is 1. The van der Waals surface area contributed by atoms with Crippen molar-refractivity contribution in [3.05, 3.63) is 75.1 Å². The smallest absolute Gasteiger partial charge is 0.293 e. The van der Waals surface area contributed by atoms with E-state index in [4.69, 9.17) is 11.6 Å². The van der Waals surface area contributed by atoms with Gasteiger partial charge in [-0.05, 0) is 23.8 Å². The molecule has 6 nitrogen and oxygen atoms in total. The van der Waals surface area contributed by atoms with Crippen molar-refractivity contribution in [1.29, 1.82) is 0 Å². The highest BCUT2D eigenvalue weighted by molar-refractivity contribution is 6.30. The number of anilines is 1. The van der Waals surface area contributed by atoms with Gasteiger partial charge in [0.25, 0.3) is 5.69 Å². The first-order valence-corrected chi connectivity index (χ1v) is 8.70. The monoisotopic (exact) mass is 389 g/mol. The van der Waals surface area contributed by atoms with Gasteiger partial charge in [-0.25, -0.2) is 4.39 Å². The van der Waals surface area contributed by atoms with Gasteiger partial charge in [0.05, 0.1) is 11.5 Å². The summed E-state index contributed by atoms with van der Waals surface area (Å²) >= 11 is 5.85. The molecule has 0 saturated carbocycles. The number of halogens is 2. The van der Waals surface area contributed by atoms with E-state index in [1.807, 2.05) is 29.2 Å². The fraction of sp³-hybridized carbons (Fsp3) is 0.211. The number of rotatable bonds is 5. The maximum Gasteiger partial charge on any atom is 0.293 e. The van der Waals surface area contributed by atoms with E-state index in [9.17, 15) is 19.3 Å². The highest BCUT2D eigenvalue weighted by Gasteiger charge is 2.29. The number of nitrogens with zero attached hydrogens (tertiary/aromatic N) is 3. The Morgan fingerprint density at radius 1 is 1.19 bits per heavy atom. The van der Waals surface area contributed by atoms with Gasteiger partial charge in [-0.2, -0.15) is 0 Å². The summed E-state index contributed by atoms with van der Waals surface area (Å²) in [5.41, 5.74) is 0.724. The fourth-order valence-corrected chi connectivity index (χ4v) is 3.04. The average molecular weight is 390 g/mol. The van der Waals surface area contributed by atoms with Crippen LogP contribution < -0.4 is 4.90 Å². The largest absolute Gasteiger partial charge is 0.304 e. The molecule has 0 N–H and O–H groups in total. The van der Waals surface area contributed by atoms with Crippen LogP contribution in [-0.4, -0.2) is 41.9 Å². The van der Waals surface area contributed by atoms with Crippen LogP contribution in [0.25, 0.3) is 6.08 Å². The number of hydrogen-bond donors (Lipinski definition) is 0. The summed E-state index contributed by atoms with van der Waals surface area (Å²) in [5.74, 6) is -0.911. The second-order valence-electron chi connectivity index (χ2n) is 6.12. The number of carbonyl (C=O) groups excluding carboxylic acids is 1. The van der Waals surface area contributed by atoms with Crippen molar-refractivity contribution in [2.24, 2.45) is 0 Å². The van der Waals surface area contributed by atoms with Crippen LogP contribution in [-0.2, 0) is 4.79 Å². The summed E-state index contributed by atoms with van der Waals surface area (Å²) in [5, 5.41) is 11.8. The third-order valence-electron chi connectivity index (χ3n) is 4.27. The van der Waals surface area contributed by atoms with E-state index in [2.05, 4.69) is 0 Å². The number of carbonyl (C=O) groups is 1. The van der Waals surface area contributed by atoms with Crippen LogP contribution in [0.1, 0.15) is 5.56 Å². The van der Waals surface area contributed by atoms with Gasteiger partial charge < -0.3 is 4.90 Å². The maximum atomic E-state index is 13.5. The molecular weight excluding hydrogens is 373 g/mol. The Balaban J connectivity index is 1.64. The second kappa shape index (κ2) is 8.28. The topological polar surface area (TPSA) is 66.7 Å². The van der Waals surface area contributed by atoms with Crippen LogP contribution in [0.15, 0.2) is 48.5 Å². The predicted molar refractivity (Wildman–Crippen MR) is 102 cm³/mol. The standard InChI is InChI=1S/C19H17ClFN3O3/c20-15-5-3-14(4-6-15)2-1-9-22-10-11-23(19(25)13-22)18-12-16(21)7-8-17(18)24(26)27/h1-8,12H,9-11,13H2. The van der Waals surface area contributed by atoms with Crippen LogP contribution in [0.5, 0.6) is 0 Å². The zero-order valence-electron chi connectivity index (χ0n) is 14.3. The van der Waals surface area contributed by atoms with Gasteiger partial charge in [-0.15, -0.1) is 0 Å². The van der Waals surface area contributed by atoms with Crippen molar-refractivity contribution in [3.63, 3.8) is 0 Å². The summed E-state index contributed by atoms with van der Waals surface area (Å²) in [6.07, 6.45) is 3.88. The zero-order valence-corrected chi connectivity index (χ0v) is 15.1. The third-order valence-corrected chi connectivity index (χ3v) is 4.52. The van der Waals surface area contributed by atoms with E-state index in [0.717, 1.165) is 23.8 Å². The van der Waals surface area contributed by atoms with Gasteiger partial charge in [-0.1, -0.05) is 35.9 Å². The summed E-state index contributed by atoms with van der Waals surface area (Å²) in [6.45, 7) is 1.47. The molecule has 1 fully saturated rings. The van der Waals surface area contributed by atoms with E-state index in [1.165, 1.54) is 4.90 Å². The van der Waals surface area contributed by atoms with Crippen LogP contribution in [0.2, 0.25) is 5.02 Å². The van der Waals surface area contributed by atoms with Crippen molar-refractivity contribution in [2.75, 3.05) is 31.1 Å². The highest BCUT2D eigenvalue weighted by Crippen LogP contribution is 2.30. The Bertz CT molecular complexity index is 886. The summed E-state index contributed by atoms with van der Waals surface area (Å²) < 4.78 is 13.5. The number of piperazine rings is 1. The SMILES string of the molecule is O=C1CN(CC=Cc2ccc(Cl)cc2)CCN1c1cc(F)ccc1[N+](=O)[O-]. The zero-order chi connectivity index (χ0) is 19.4. The van der Waals surface area contributed by atoms with Gasteiger partial charge in [0.2, 0.25) is 5.91 Å². The van der Waals surface area contributed by atoms with E-state index >= 15 is 0 Å². The van der Waals surface area contributed by atoms with Gasteiger partial charge in [0.15, 0.2) is 0 Å². The average Bonchev–Trinajstić information content (AvgIpc) is 2.63. The van der Waals surface area contributed by atoms with Crippen molar-refractivity contribution >= 4 is 35.0 Å². The number of hydrogen-bond acceptors (Lipinski definition) is 4. The van der Waals surface area contributed by atoms with E-state index in [-0.39, 0.29) is 30.4 Å². The molecule has 140 valence electrons. The van der Waals surface area contributed by atoms with Crippen molar-refractivity contribution in [1.82, 2.24) is 4.90 Å². The van der Waals surface area contributed by atoms with Gasteiger partial charge in [0.1, 0.15) is 11.5 Å². The van der Waals surface area contributed by atoms with Crippen LogP contribution >= 0.6 is 11.6 Å². The summed E-state index contributed by atoms with van der Waals surface area (Å²) in [6, 6.07) is 10.5. The first kappa shape index (κ1) is 19.0. The summed E-state index contributed by atoms with van der Waals surface area (Å²) in [4.78, 5) is 26.2. The number of amides is 1. The molecule has 1 amide bonds. The summed E-state index contributed by atoms with van der Waals surface area (Å²) in [7, 11) is 0. The molecule has 2 aromatic carbocycles. The first-order chi connectivity index (χ1) is 12.9. The van der Waals surface area contributed by atoms with E-state index in [1.54, 1.807) is 12.1 Å². The molecule has 0 unspecified atom stereocenters. The molecule has 0 aliphatic carbocycles. The van der Waals surface area contributed by atoms with Crippen LogP contribution in [0.4, 0.5) is 15.8 Å². The van der Waals surface area contributed by atoms with Gasteiger partial charge in [-0.3, -0.25) is 19.8 Å². The Morgan fingerprint density at radius 3 is 2.59 bits per heavy atom. The predicted octanol–water partition coefficient (Wildman–Crippen LogP) is 3.75. The van der Waals surface area contributed by atoms with Crippen LogP contribution in [0, 0.1) is 15.9 Å². The van der Waals surface area contributed by atoms with Gasteiger partial charge >= 0.3 is 0 Å². The lowest BCUT2D eigenvalue weighted by Crippen LogP contribution is -2.50. The quantitative estimate of drug-likeness (QED) is 0.577. The molecule has 1 heterocycles. The lowest BCUT2D eigenvalue weighted by atomic mass is 10.2. The Morgan fingerprint density at radius 2 is 1.93 bits per heavy atom. The minimum atomic E-state index is -0.614. The second-order valence-corrected chi connectivity index (χ2v) is 6.56. The number of benzene rings is 2. The molecule has 0 atom stereocenters. The molecule has 0 bridgehead atoms. The molecule has 1 saturated heterocycles. The lowest BCUT2D eigenvalue weighted by Gasteiger charge is -2.33. The molecule has 27 heavy (non-hydrogen) atoms. The van der Waals surface area contributed by atoms with Crippen molar-refractivity contribution < 1.29 is 14.1 Å². The third kappa shape index (κ3) is 4.69. The maximum absolute atomic E-state index is 13.5. The lowest BCUT2D eigenvalue weighted by molar-refractivity contribution is -0.384. The van der Waals surface area contributed by atoms with Crippen molar-refractivity contribution in [2.45, 2.75) is 0 Å². The van der Waals surface area contributed by atoms with Gasteiger partial charge in [0, 0.05) is 36.8 Å². The molecule has 8 heteroatoms. The molecular formula is C19H17ClFN3O3. The minimum Gasteiger partial charge on any atom is -0.304 e. The van der Waals surface area contributed by atoms with E-state index in [0.29, 0.717) is 18.1 Å². The Kier molecular flexibility index (Phi) is 5.83. The molecule has 2 aromatic rings. The van der Waals surface area contributed by atoms with Crippen molar-refractivity contribution in [3.8, 4) is 0 Å². The first-order valence-electron chi connectivity index (χ1n) is 8.33. The Labute approximate surface area is 160 Å². The Hall–Kier alpha value is -2.77.